The third-order valence-electron chi connectivity index (χ3n) is 4.49. The maximum atomic E-state index is 11.7. The topological polar surface area (TPSA) is 137 Å². The van der Waals surface area contributed by atoms with Gasteiger partial charge in [-0.15, -0.1) is 0 Å². The normalized spacial score (nSPS) is 26.4. The maximum Gasteiger partial charge on any atom is 0.303 e. The molecule has 2 N–H and O–H groups in total. The van der Waals surface area contributed by atoms with Crippen molar-refractivity contribution in [2.45, 2.75) is 77.9 Å². The number of carboxylic acids is 1. The molecule has 1 aliphatic rings. The summed E-state index contributed by atoms with van der Waals surface area (Å²) in [7, 11) is 0. The quantitative estimate of drug-likeness (QED) is 0.372. The molecule has 10 heteroatoms. The molecule has 29 heavy (non-hydrogen) atoms. The van der Waals surface area contributed by atoms with Crippen molar-refractivity contribution in [1.82, 2.24) is 5.32 Å². The van der Waals surface area contributed by atoms with Crippen molar-refractivity contribution in [2.24, 2.45) is 5.92 Å². The van der Waals surface area contributed by atoms with Crippen LogP contribution in [-0.2, 0) is 38.1 Å². The summed E-state index contributed by atoms with van der Waals surface area (Å²) in [6, 6.07) is -0.579. The van der Waals surface area contributed by atoms with E-state index in [1.165, 1.54) is 20.8 Å². The van der Waals surface area contributed by atoms with Gasteiger partial charge in [0.1, 0.15) is 18.8 Å². The first-order chi connectivity index (χ1) is 13.6. The average molecular weight is 417 g/mol. The molecule has 1 fully saturated rings. The number of carbonyl (C=O) groups excluding carboxylic acids is 3. The lowest BCUT2D eigenvalue weighted by Gasteiger charge is -2.44. The summed E-state index contributed by atoms with van der Waals surface area (Å²) < 4.78 is 22.1. The Morgan fingerprint density at radius 2 is 1.72 bits per heavy atom. The molecule has 1 aliphatic heterocycles. The Morgan fingerprint density at radius 3 is 2.28 bits per heavy atom. The van der Waals surface area contributed by atoms with Crippen LogP contribution in [0.1, 0.15) is 53.4 Å². The summed E-state index contributed by atoms with van der Waals surface area (Å²) in [4.78, 5) is 44.9. The minimum atomic E-state index is -0.842. The highest BCUT2D eigenvalue weighted by Gasteiger charge is 2.46. The second-order valence-corrected chi connectivity index (χ2v) is 7.08. The number of hydrogen-bond acceptors (Lipinski definition) is 8. The maximum absolute atomic E-state index is 11.7. The predicted molar refractivity (Wildman–Crippen MR) is 99.7 cm³/mol. The van der Waals surface area contributed by atoms with E-state index < -0.39 is 42.4 Å². The van der Waals surface area contributed by atoms with Crippen LogP contribution in [0.5, 0.6) is 0 Å². The van der Waals surface area contributed by atoms with Crippen LogP contribution >= 0.6 is 0 Å². The highest BCUT2D eigenvalue weighted by molar-refractivity contribution is 5.73. The molecule has 10 nitrogen and oxygen atoms in total. The van der Waals surface area contributed by atoms with E-state index in [0.29, 0.717) is 25.9 Å². The minimum Gasteiger partial charge on any atom is -0.481 e. The number of amides is 1. The Morgan fingerprint density at radius 1 is 1.03 bits per heavy atom. The summed E-state index contributed by atoms with van der Waals surface area (Å²) in [5.74, 6) is -2.51. The largest absolute Gasteiger partial charge is 0.481 e. The van der Waals surface area contributed by atoms with Gasteiger partial charge in [0.25, 0.3) is 0 Å². The van der Waals surface area contributed by atoms with Crippen LogP contribution < -0.4 is 5.32 Å². The van der Waals surface area contributed by atoms with Gasteiger partial charge in [-0.25, -0.2) is 0 Å². The van der Waals surface area contributed by atoms with Gasteiger partial charge in [0.2, 0.25) is 5.91 Å². The van der Waals surface area contributed by atoms with Gasteiger partial charge in [0.05, 0.1) is 6.04 Å². The summed E-state index contributed by atoms with van der Waals surface area (Å²) in [5.41, 5.74) is 0. The van der Waals surface area contributed by atoms with Crippen molar-refractivity contribution < 1.29 is 43.2 Å². The Labute approximate surface area is 170 Å². The number of carbonyl (C=O) groups is 4. The van der Waals surface area contributed by atoms with Crippen LogP contribution in [0, 0.1) is 5.92 Å². The van der Waals surface area contributed by atoms with Gasteiger partial charge in [-0.3, -0.25) is 19.2 Å². The second kappa shape index (κ2) is 12.4. The predicted octanol–water partition coefficient (Wildman–Crippen LogP) is 1.01. The monoisotopic (exact) mass is 417 g/mol. The zero-order valence-electron chi connectivity index (χ0n) is 17.3. The first-order valence-electron chi connectivity index (χ1n) is 9.68. The molecule has 0 aromatic carbocycles. The van der Waals surface area contributed by atoms with E-state index in [9.17, 15) is 19.2 Å². The Balaban J connectivity index is 2.80. The van der Waals surface area contributed by atoms with Crippen LogP contribution in [0.2, 0.25) is 0 Å². The highest BCUT2D eigenvalue weighted by atomic mass is 16.7. The zero-order valence-corrected chi connectivity index (χ0v) is 17.3. The lowest BCUT2D eigenvalue weighted by Crippen LogP contribution is -2.62. The summed E-state index contributed by atoms with van der Waals surface area (Å²) in [6.07, 6.45) is -0.387. The standard InChI is InChI=1S/C19H31NO9/c1-11-17(20-12(2)21)19(26-9-7-5-6-8-16(24)25)29-15(10-27-13(3)22)18(11)28-14(4)23/h11,15,17-19H,5-10H2,1-4H3,(H,20,21)(H,24,25). The van der Waals surface area contributed by atoms with Gasteiger partial charge in [-0.1, -0.05) is 13.3 Å². The third kappa shape index (κ3) is 9.23. The number of rotatable bonds is 11. The summed E-state index contributed by atoms with van der Waals surface area (Å²) in [6.45, 7) is 5.86. The van der Waals surface area contributed by atoms with E-state index in [1.54, 1.807) is 6.92 Å². The molecule has 0 spiro atoms. The van der Waals surface area contributed by atoms with Gasteiger partial charge in [-0.05, 0) is 12.8 Å². The molecular formula is C19H31NO9. The van der Waals surface area contributed by atoms with Gasteiger partial charge in [0.15, 0.2) is 6.29 Å². The van der Waals surface area contributed by atoms with E-state index >= 15 is 0 Å². The first-order valence-corrected chi connectivity index (χ1v) is 9.68. The molecule has 0 aromatic rings. The Kier molecular flexibility index (Phi) is 10.6. The van der Waals surface area contributed by atoms with Crippen molar-refractivity contribution in [3.8, 4) is 0 Å². The molecule has 0 bridgehead atoms. The average Bonchev–Trinajstić information content (AvgIpc) is 2.60. The number of ether oxygens (including phenoxy) is 4. The Bertz CT molecular complexity index is 578. The van der Waals surface area contributed by atoms with Gasteiger partial charge in [0, 0.05) is 39.7 Å². The molecule has 5 atom stereocenters. The zero-order chi connectivity index (χ0) is 22.0. The molecule has 0 aromatic heterocycles. The van der Waals surface area contributed by atoms with Gasteiger partial charge >= 0.3 is 17.9 Å². The SMILES string of the molecule is CC(=O)NC1C(OCCCCCC(=O)O)OC(COC(C)=O)C(OC(C)=O)C1C. The molecule has 1 heterocycles. The molecule has 1 saturated heterocycles. The van der Waals surface area contributed by atoms with E-state index in [4.69, 9.17) is 24.1 Å². The van der Waals surface area contributed by atoms with Crippen LogP contribution in [-0.4, -0.2) is 66.7 Å². The summed E-state index contributed by atoms with van der Waals surface area (Å²) >= 11 is 0. The molecule has 0 radical (unpaired) electrons. The molecule has 1 rings (SSSR count). The molecule has 166 valence electrons. The van der Waals surface area contributed by atoms with Crippen molar-refractivity contribution in [1.29, 1.82) is 0 Å². The fraction of sp³-hybridized carbons (Fsp3) is 0.789. The molecule has 1 amide bonds. The number of aliphatic carboxylic acids is 1. The molecule has 0 aliphatic carbocycles. The van der Waals surface area contributed by atoms with Crippen molar-refractivity contribution >= 4 is 23.8 Å². The smallest absolute Gasteiger partial charge is 0.303 e. The highest BCUT2D eigenvalue weighted by Crippen LogP contribution is 2.30. The number of unbranched alkanes of at least 4 members (excludes halogenated alkanes) is 2. The second-order valence-electron chi connectivity index (χ2n) is 7.08. The number of carboxylic acid groups (broad SMARTS) is 1. The van der Waals surface area contributed by atoms with Crippen LogP contribution in [0.15, 0.2) is 0 Å². The van der Waals surface area contributed by atoms with Crippen molar-refractivity contribution in [2.75, 3.05) is 13.2 Å². The van der Waals surface area contributed by atoms with Crippen molar-refractivity contribution in [3.05, 3.63) is 0 Å². The third-order valence-corrected chi connectivity index (χ3v) is 4.49. The molecule has 5 unspecified atom stereocenters. The molecule has 0 saturated carbocycles. The fourth-order valence-electron chi connectivity index (χ4n) is 3.17. The lowest BCUT2D eigenvalue weighted by molar-refractivity contribution is -0.262. The molecular weight excluding hydrogens is 386 g/mol. The number of esters is 2. The van der Waals surface area contributed by atoms with E-state index in [0.717, 1.165) is 0 Å². The van der Waals surface area contributed by atoms with E-state index in [2.05, 4.69) is 5.32 Å². The van der Waals surface area contributed by atoms with Crippen molar-refractivity contribution in [3.63, 3.8) is 0 Å². The van der Waals surface area contributed by atoms with Crippen LogP contribution in [0.25, 0.3) is 0 Å². The van der Waals surface area contributed by atoms with Gasteiger partial charge < -0.3 is 29.4 Å². The van der Waals surface area contributed by atoms with E-state index in [1.807, 2.05) is 0 Å². The van der Waals surface area contributed by atoms with E-state index in [-0.39, 0.29) is 24.9 Å². The van der Waals surface area contributed by atoms with Crippen LogP contribution in [0.3, 0.4) is 0 Å². The van der Waals surface area contributed by atoms with Crippen LogP contribution in [0.4, 0.5) is 0 Å². The fourth-order valence-corrected chi connectivity index (χ4v) is 3.17. The minimum absolute atomic E-state index is 0.0972. The van der Waals surface area contributed by atoms with Gasteiger partial charge in [-0.2, -0.15) is 0 Å². The lowest BCUT2D eigenvalue weighted by atomic mass is 9.88. The summed E-state index contributed by atoms with van der Waals surface area (Å²) in [5, 5.41) is 11.4. The number of nitrogens with one attached hydrogen (secondary N) is 1. The number of hydrogen-bond donors (Lipinski definition) is 2. The Hall–Kier alpha value is -2.20. The first kappa shape index (κ1) is 24.8.